The second-order valence-electron chi connectivity index (χ2n) is 8.70. The average molecular weight is 537 g/mol. The summed E-state index contributed by atoms with van der Waals surface area (Å²) in [5.41, 5.74) is 1.17. The third-order valence-corrected chi connectivity index (χ3v) is 7.38. The zero-order valence-corrected chi connectivity index (χ0v) is 20.0. The van der Waals surface area contributed by atoms with Crippen LogP contribution in [-0.2, 0) is 15.9 Å². The highest BCUT2D eigenvalue weighted by molar-refractivity contribution is 7.16. The number of morpholine rings is 1. The van der Waals surface area contributed by atoms with Gasteiger partial charge in [0.2, 0.25) is 5.88 Å². The van der Waals surface area contributed by atoms with Crippen molar-refractivity contribution in [2.45, 2.75) is 37.3 Å². The Hall–Kier alpha value is -3.40. The fraction of sp³-hybridized carbons (Fsp3) is 0.455. The molecule has 3 aromatic heterocycles. The number of ether oxygens (including phenoxy) is 3. The predicted octanol–water partition coefficient (Wildman–Crippen LogP) is 2.18. The molecule has 3 N–H and O–H groups in total. The average Bonchev–Trinajstić information content (AvgIpc) is 3.59. The molecular formula is C22H22F2N6O6S. The number of urea groups is 1. The second kappa shape index (κ2) is 9.81. The van der Waals surface area contributed by atoms with Gasteiger partial charge in [0.15, 0.2) is 10.9 Å². The molecule has 37 heavy (non-hydrogen) atoms. The Morgan fingerprint density at radius 1 is 1.22 bits per heavy atom. The summed E-state index contributed by atoms with van der Waals surface area (Å²) in [6.45, 7) is -1.75. The van der Waals surface area contributed by atoms with Gasteiger partial charge in [0, 0.05) is 12.5 Å². The van der Waals surface area contributed by atoms with E-state index in [0.717, 1.165) is 10.6 Å². The van der Waals surface area contributed by atoms with Crippen molar-refractivity contribution in [2.24, 2.45) is 0 Å². The van der Waals surface area contributed by atoms with Gasteiger partial charge in [-0.05, 0) is 6.07 Å². The van der Waals surface area contributed by atoms with Gasteiger partial charge in [0.1, 0.15) is 5.69 Å². The van der Waals surface area contributed by atoms with Gasteiger partial charge in [-0.25, -0.2) is 19.7 Å². The van der Waals surface area contributed by atoms with Crippen molar-refractivity contribution in [3.8, 4) is 17.3 Å². The van der Waals surface area contributed by atoms with Gasteiger partial charge in [0.05, 0.1) is 67.4 Å². The van der Waals surface area contributed by atoms with Crippen molar-refractivity contribution in [1.82, 2.24) is 20.3 Å². The number of pyridine rings is 1. The number of halogens is 2. The van der Waals surface area contributed by atoms with E-state index in [-0.39, 0.29) is 31.2 Å². The fourth-order valence-electron chi connectivity index (χ4n) is 4.62. The Morgan fingerprint density at radius 2 is 2.08 bits per heavy atom. The van der Waals surface area contributed by atoms with E-state index in [1.54, 1.807) is 12.1 Å². The lowest BCUT2D eigenvalue weighted by Gasteiger charge is -2.43. The van der Waals surface area contributed by atoms with Gasteiger partial charge in [-0.1, -0.05) is 17.4 Å². The number of fused-ring (bicyclic) bond motifs is 4. The molecule has 0 unspecified atom stereocenters. The molecule has 0 aromatic carbocycles. The second-order valence-corrected chi connectivity index (χ2v) is 9.74. The van der Waals surface area contributed by atoms with Crippen LogP contribution in [0.2, 0.25) is 0 Å². The molecule has 0 aliphatic carbocycles. The topological polar surface area (TPSA) is 144 Å². The summed E-state index contributed by atoms with van der Waals surface area (Å²) in [7, 11) is 0. The Labute approximate surface area is 212 Å². The molecule has 2 amide bonds. The highest BCUT2D eigenvalue weighted by Gasteiger charge is 2.43. The highest BCUT2D eigenvalue weighted by atomic mass is 32.1. The minimum absolute atomic E-state index is 0.103. The predicted molar refractivity (Wildman–Crippen MR) is 125 cm³/mol. The number of nitrogens with one attached hydrogen (secondary N) is 2. The first kappa shape index (κ1) is 24.0. The van der Waals surface area contributed by atoms with Gasteiger partial charge in [0.25, 0.3) is 6.01 Å². The van der Waals surface area contributed by atoms with E-state index in [2.05, 4.69) is 30.3 Å². The summed E-state index contributed by atoms with van der Waals surface area (Å²) in [4.78, 5) is 28.5. The first-order valence-electron chi connectivity index (χ1n) is 11.5. The minimum Gasteiger partial charge on any atom is -0.422 e. The van der Waals surface area contributed by atoms with Crippen LogP contribution in [-0.4, -0.2) is 77.3 Å². The van der Waals surface area contributed by atoms with Crippen LogP contribution in [0.15, 0.2) is 28.8 Å². The summed E-state index contributed by atoms with van der Waals surface area (Å²) in [6.07, 6.45) is 1.29. The number of aromatic nitrogens is 3. The molecule has 3 aromatic rings. The lowest BCUT2D eigenvalue weighted by Crippen LogP contribution is -2.51. The van der Waals surface area contributed by atoms with Crippen molar-refractivity contribution in [3.63, 3.8) is 0 Å². The van der Waals surface area contributed by atoms with Crippen LogP contribution in [0.1, 0.15) is 16.6 Å². The van der Waals surface area contributed by atoms with Crippen LogP contribution in [0.5, 0.6) is 5.88 Å². The number of amides is 2. The Kier molecular flexibility index (Phi) is 6.36. The zero-order chi connectivity index (χ0) is 25.5. The first-order valence-corrected chi connectivity index (χ1v) is 12.3. The molecule has 6 heterocycles. The molecule has 2 saturated heterocycles. The Morgan fingerprint density at radius 3 is 2.89 bits per heavy atom. The van der Waals surface area contributed by atoms with Crippen LogP contribution in [0.3, 0.4) is 0 Å². The number of alkyl halides is 2. The maximum Gasteiger partial charge on any atom is 0.388 e. The number of rotatable bonds is 6. The van der Waals surface area contributed by atoms with Gasteiger partial charge in [-0.15, -0.1) is 0 Å². The number of anilines is 2. The molecule has 15 heteroatoms. The van der Waals surface area contributed by atoms with Crippen LogP contribution in [0.25, 0.3) is 11.5 Å². The van der Waals surface area contributed by atoms with E-state index in [1.807, 2.05) is 4.90 Å². The molecule has 0 saturated carbocycles. The number of hydrogen-bond donors (Lipinski definition) is 3. The molecule has 3 aliphatic rings. The van der Waals surface area contributed by atoms with Crippen LogP contribution in [0, 0.1) is 0 Å². The van der Waals surface area contributed by atoms with Crippen LogP contribution >= 0.6 is 11.3 Å². The van der Waals surface area contributed by atoms with E-state index in [9.17, 15) is 18.7 Å². The molecule has 0 radical (unpaired) electrons. The highest BCUT2D eigenvalue weighted by Crippen LogP contribution is 2.43. The standard InChI is InChI=1S/C22H22F2N6O6S/c23-19(24)36-17-3-1-2-11(26-17)16-5-25-22(35-16)30-10-4-12-18(14(30)8-33-6-10)37-21(28-12)29-20(32)27-13-7-34-9-15(13)31/h1-3,5,10,13-15,19,31H,4,6-9H2,(H2,27,28,29,32)/t10-,13+,14-,15+/m0/s1. The summed E-state index contributed by atoms with van der Waals surface area (Å²) >= 11 is 1.33. The lowest BCUT2D eigenvalue weighted by atomic mass is 9.97. The third kappa shape index (κ3) is 4.82. The molecule has 3 aliphatic heterocycles. The maximum atomic E-state index is 12.6. The number of oxazole rings is 1. The SMILES string of the molecule is O=C(Nc1nc2c(s1)[C@@H]1COC[C@H](C2)N1c1ncc(-c2cccc(OC(F)F)n2)o1)N[C@@H]1COC[C@H]1O. The zero-order valence-electron chi connectivity index (χ0n) is 19.2. The smallest absolute Gasteiger partial charge is 0.388 e. The van der Waals surface area contributed by atoms with Crippen molar-refractivity contribution < 1.29 is 37.3 Å². The fourth-order valence-corrected chi connectivity index (χ4v) is 5.69. The van der Waals surface area contributed by atoms with E-state index >= 15 is 0 Å². The quantitative estimate of drug-likeness (QED) is 0.429. The first-order chi connectivity index (χ1) is 17.9. The summed E-state index contributed by atoms with van der Waals surface area (Å²) in [5.74, 6) is 0.0861. The number of hydrogen-bond acceptors (Lipinski definition) is 11. The van der Waals surface area contributed by atoms with Crippen molar-refractivity contribution >= 4 is 28.5 Å². The van der Waals surface area contributed by atoms with Gasteiger partial charge in [-0.2, -0.15) is 8.78 Å². The minimum atomic E-state index is -2.98. The summed E-state index contributed by atoms with van der Waals surface area (Å²) in [5, 5.41) is 15.7. The maximum absolute atomic E-state index is 12.6. The van der Waals surface area contributed by atoms with E-state index in [4.69, 9.17) is 13.9 Å². The molecule has 4 atom stereocenters. The largest absolute Gasteiger partial charge is 0.422 e. The van der Waals surface area contributed by atoms with Gasteiger partial charge in [-0.3, -0.25) is 5.32 Å². The molecule has 2 bridgehead atoms. The van der Waals surface area contributed by atoms with Gasteiger partial charge >= 0.3 is 12.6 Å². The van der Waals surface area contributed by atoms with Crippen molar-refractivity contribution in [2.75, 3.05) is 36.6 Å². The summed E-state index contributed by atoms with van der Waals surface area (Å²) in [6, 6.07) is 3.54. The van der Waals surface area contributed by atoms with Crippen LogP contribution < -0.4 is 20.3 Å². The van der Waals surface area contributed by atoms with Crippen LogP contribution in [0.4, 0.5) is 24.7 Å². The molecule has 2 fully saturated rings. The normalized spacial score (nSPS) is 24.7. The van der Waals surface area contributed by atoms with Crippen molar-refractivity contribution in [3.05, 3.63) is 35.0 Å². The number of thiazole rings is 1. The molecule has 196 valence electrons. The van der Waals surface area contributed by atoms with E-state index in [1.165, 1.54) is 23.6 Å². The summed E-state index contributed by atoms with van der Waals surface area (Å²) < 4.78 is 46.5. The van der Waals surface area contributed by atoms with E-state index < -0.39 is 24.8 Å². The monoisotopic (exact) mass is 536 g/mol. The number of aliphatic hydroxyl groups is 1. The third-order valence-electron chi connectivity index (χ3n) is 6.26. The number of carbonyl (C=O) groups is 1. The number of aliphatic hydroxyl groups excluding tert-OH is 1. The van der Waals surface area contributed by atoms with E-state index in [0.29, 0.717) is 42.2 Å². The molecule has 12 nitrogen and oxygen atoms in total. The Bertz CT molecular complexity index is 1290. The lowest BCUT2D eigenvalue weighted by molar-refractivity contribution is -0.0527. The van der Waals surface area contributed by atoms with Crippen molar-refractivity contribution in [1.29, 1.82) is 0 Å². The number of nitrogens with zero attached hydrogens (tertiary/aromatic N) is 4. The molecule has 6 rings (SSSR count). The molecular weight excluding hydrogens is 514 g/mol. The number of carbonyl (C=O) groups excluding carboxylic acids is 1. The van der Waals surface area contributed by atoms with Gasteiger partial charge < -0.3 is 34.0 Å². The molecule has 0 spiro atoms. The Balaban J connectivity index is 1.20.